The van der Waals surface area contributed by atoms with Gasteiger partial charge in [0.1, 0.15) is 11.5 Å². The number of amides is 1. The maximum atomic E-state index is 14.7. The predicted octanol–water partition coefficient (Wildman–Crippen LogP) is 6.50. The number of benzene rings is 4. The van der Waals surface area contributed by atoms with Gasteiger partial charge in [0.2, 0.25) is 5.91 Å². The molecule has 0 aliphatic carbocycles. The molecule has 4 aromatic rings. The van der Waals surface area contributed by atoms with E-state index in [1.807, 2.05) is 66.4 Å². The largest absolute Gasteiger partial charge is 0.352 e. The molecule has 7 rings (SSSR count). The van der Waals surface area contributed by atoms with Crippen LogP contribution in [0.15, 0.2) is 103 Å². The van der Waals surface area contributed by atoms with Crippen LogP contribution < -0.4 is 10.2 Å². The molecule has 3 aliphatic heterocycles. The van der Waals surface area contributed by atoms with Crippen molar-refractivity contribution in [1.29, 1.82) is 0 Å². The number of fused-ring (bicyclic) bond motifs is 6. The van der Waals surface area contributed by atoms with Crippen LogP contribution in [0.2, 0.25) is 5.02 Å². The Morgan fingerprint density at radius 2 is 1.55 bits per heavy atom. The molecule has 1 saturated heterocycles. The predicted molar refractivity (Wildman–Crippen MR) is 157 cm³/mol. The van der Waals surface area contributed by atoms with Crippen molar-refractivity contribution in [3.05, 3.63) is 136 Å². The van der Waals surface area contributed by atoms with E-state index in [4.69, 9.17) is 11.6 Å². The smallest absolute Gasteiger partial charge is 0.238 e. The minimum Gasteiger partial charge on any atom is -0.352 e. The van der Waals surface area contributed by atoms with Gasteiger partial charge in [-0.15, -0.1) is 0 Å². The van der Waals surface area contributed by atoms with Gasteiger partial charge in [-0.3, -0.25) is 14.4 Å². The minimum absolute atomic E-state index is 0.230. The number of carbonyl (C=O) groups excluding carboxylic acids is 3. The quantitative estimate of drug-likeness (QED) is 0.298. The van der Waals surface area contributed by atoms with Gasteiger partial charge < -0.3 is 10.2 Å². The van der Waals surface area contributed by atoms with Gasteiger partial charge in [0.05, 0.1) is 12.0 Å². The molecule has 3 heterocycles. The van der Waals surface area contributed by atoms with E-state index in [1.165, 1.54) is 0 Å². The molecular weight excluding hydrogens is 520 g/mol. The highest BCUT2D eigenvalue weighted by atomic mass is 35.5. The Morgan fingerprint density at radius 3 is 2.33 bits per heavy atom. The molecule has 4 aromatic carbocycles. The Balaban J connectivity index is 1.54. The Labute approximate surface area is 237 Å². The Morgan fingerprint density at radius 1 is 0.850 bits per heavy atom. The highest BCUT2D eigenvalue weighted by Crippen LogP contribution is 2.58. The van der Waals surface area contributed by atoms with E-state index in [-0.39, 0.29) is 17.5 Å². The van der Waals surface area contributed by atoms with Crippen LogP contribution in [0.5, 0.6) is 0 Å². The van der Waals surface area contributed by atoms with Gasteiger partial charge in [0, 0.05) is 27.5 Å². The lowest BCUT2D eigenvalue weighted by Gasteiger charge is -2.37. The standard InChI is InChI=1S/C34H25ClN2O3/c1-20-11-17-27-23(19-20)14-18-28-34(25-9-5-6-10-26(25)36-33(34)40)29(31(38)21-7-3-2-4-8-21)30(37(27)28)32(39)22-12-15-24(35)16-13-22/h2-19,28-30H,1H3,(H,36,40)/t28-,29+,30-,34+/m0/s1. The number of hydrogen-bond donors (Lipinski definition) is 1. The number of Topliss-reactive ketones (excluding diaryl/α,β-unsaturated/α-hetero) is 2. The van der Waals surface area contributed by atoms with Crippen molar-refractivity contribution in [2.75, 3.05) is 10.2 Å². The summed E-state index contributed by atoms with van der Waals surface area (Å²) >= 11 is 6.16. The number of hydrogen-bond acceptors (Lipinski definition) is 4. The van der Waals surface area contributed by atoms with E-state index >= 15 is 0 Å². The molecule has 3 aliphatic rings. The van der Waals surface area contributed by atoms with E-state index in [1.54, 1.807) is 48.5 Å². The van der Waals surface area contributed by atoms with E-state index < -0.39 is 23.4 Å². The molecule has 1 amide bonds. The molecular formula is C34H25ClN2O3. The third-order valence-corrected chi connectivity index (χ3v) is 8.78. The first-order chi connectivity index (χ1) is 19.4. The van der Waals surface area contributed by atoms with Crippen molar-refractivity contribution in [2.24, 2.45) is 5.92 Å². The lowest BCUT2D eigenvalue weighted by Crippen LogP contribution is -2.51. The summed E-state index contributed by atoms with van der Waals surface area (Å²) in [4.78, 5) is 45.6. The zero-order chi connectivity index (χ0) is 27.6. The van der Waals surface area contributed by atoms with Gasteiger partial charge in [-0.05, 0) is 60.5 Å². The number of nitrogens with one attached hydrogen (secondary N) is 1. The van der Waals surface area contributed by atoms with Crippen molar-refractivity contribution in [3.8, 4) is 0 Å². The van der Waals surface area contributed by atoms with Crippen LogP contribution in [0.1, 0.15) is 37.4 Å². The summed E-state index contributed by atoms with van der Waals surface area (Å²) < 4.78 is 0. The highest BCUT2D eigenvalue weighted by Gasteiger charge is 2.70. The van der Waals surface area contributed by atoms with Gasteiger partial charge in [-0.2, -0.15) is 0 Å². The third kappa shape index (κ3) is 3.37. The van der Waals surface area contributed by atoms with E-state index in [0.29, 0.717) is 21.8 Å². The fourth-order valence-electron chi connectivity index (χ4n) is 6.87. The van der Waals surface area contributed by atoms with Crippen LogP contribution in [0.4, 0.5) is 11.4 Å². The number of rotatable bonds is 4. The molecule has 1 N–H and O–H groups in total. The average Bonchev–Trinajstić information content (AvgIpc) is 3.45. The molecule has 4 atom stereocenters. The fourth-order valence-corrected chi connectivity index (χ4v) is 6.99. The summed E-state index contributed by atoms with van der Waals surface area (Å²) in [5.74, 6) is -1.74. The first-order valence-corrected chi connectivity index (χ1v) is 13.7. The zero-order valence-corrected chi connectivity index (χ0v) is 22.4. The molecule has 5 nitrogen and oxygen atoms in total. The van der Waals surface area contributed by atoms with Gasteiger partial charge in [-0.1, -0.05) is 83.9 Å². The second kappa shape index (κ2) is 9.04. The summed E-state index contributed by atoms with van der Waals surface area (Å²) in [5.41, 5.74) is 3.83. The lowest BCUT2D eigenvalue weighted by atomic mass is 9.64. The van der Waals surface area contributed by atoms with Crippen LogP contribution in [0, 0.1) is 12.8 Å². The number of halogens is 1. The Hall–Kier alpha value is -4.48. The number of ketones is 2. The van der Waals surface area contributed by atoms with E-state index in [0.717, 1.165) is 22.4 Å². The second-order valence-corrected chi connectivity index (χ2v) is 11.1. The third-order valence-electron chi connectivity index (χ3n) is 8.53. The van der Waals surface area contributed by atoms with Crippen LogP contribution >= 0.6 is 11.6 Å². The summed E-state index contributed by atoms with van der Waals surface area (Å²) in [6.45, 7) is 2.02. The van der Waals surface area contributed by atoms with Gasteiger partial charge in [-0.25, -0.2) is 0 Å². The maximum absolute atomic E-state index is 14.7. The first kappa shape index (κ1) is 24.6. The molecule has 0 aromatic heterocycles. The fraction of sp³-hybridized carbons (Fsp3) is 0.147. The molecule has 40 heavy (non-hydrogen) atoms. The van der Waals surface area contributed by atoms with Crippen molar-refractivity contribution >= 4 is 46.5 Å². The topological polar surface area (TPSA) is 66.5 Å². The molecule has 1 fully saturated rings. The van der Waals surface area contributed by atoms with Crippen molar-refractivity contribution in [2.45, 2.75) is 24.4 Å². The number of carbonyl (C=O) groups is 3. The van der Waals surface area contributed by atoms with Crippen molar-refractivity contribution in [3.63, 3.8) is 0 Å². The summed E-state index contributed by atoms with van der Waals surface area (Å²) in [7, 11) is 0. The average molecular weight is 545 g/mol. The van der Waals surface area contributed by atoms with Crippen molar-refractivity contribution in [1.82, 2.24) is 0 Å². The number of aryl methyl sites for hydroxylation is 1. The number of para-hydroxylation sites is 1. The van der Waals surface area contributed by atoms with Gasteiger partial charge in [0.15, 0.2) is 11.6 Å². The molecule has 196 valence electrons. The molecule has 0 unspecified atom stereocenters. The summed E-state index contributed by atoms with van der Waals surface area (Å²) in [5, 5.41) is 3.57. The first-order valence-electron chi connectivity index (χ1n) is 13.3. The van der Waals surface area contributed by atoms with E-state index in [9.17, 15) is 14.4 Å². The van der Waals surface area contributed by atoms with Crippen LogP contribution in [0.25, 0.3) is 6.08 Å². The normalized spacial score (nSPS) is 23.9. The van der Waals surface area contributed by atoms with Gasteiger partial charge >= 0.3 is 0 Å². The highest BCUT2D eigenvalue weighted by molar-refractivity contribution is 6.30. The molecule has 1 spiro atoms. The van der Waals surface area contributed by atoms with Crippen LogP contribution in [-0.2, 0) is 10.2 Å². The Kier molecular flexibility index (Phi) is 5.55. The van der Waals surface area contributed by atoms with Crippen LogP contribution in [0.3, 0.4) is 0 Å². The molecule has 0 bridgehead atoms. The molecule has 0 radical (unpaired) electrons. The number of nitrogens with zero attached hydrogens (tertiary/aromatic N) is 1. The van der Waals surface area contributed by atoms with Crippen molar-refractivity contribution < 1.29 is 14.4 Å². The summed E-state index contributed by atoms with van der Waals surface area (Å²) in [6, 6.07) is 27.7. The maximum Gasteiger partial charge on any atom is 0.238 e. The molecule has 0 saturated carbocycles. The van der Waals surface area contributed by atoms with Crippen LogP contribution in [-0.4, -0.2) is 29.6 Å². The monoisotopic (exact) mass is 544 g/mol. The second-order valence-electron chi connectivity index (χ2n) is 10.7. The summed E-state index contributed by atoms with van der Waals surface area (Å²) in [6.07, 6.45) is 4.00. The van der Waals surface area contributed by atoms with Gasteiger partial charge in [0.25, 0.3) is 0 Å². The Bertz CT molecular complexity index is 1730. The van der Waals surface area contributed by atoms with E-state index in [2.05, 4.69) is 11.4 Å². The lowest BCUT2D eigenvalue weighted by molar-refractivity contribution is -0.121. The SMILES string of the molecule is Cc1ccc2c(c1)C=C[C@@H]1N2[C@H](C(=O)c2ccc(Cl)cc2)[C@H](C(=O)c2ccccc2)[C@]12C(=O)Nc1ccccc12. The zero-order valence-electron chi connectivity index (χ0n) is 21.7. The molecule has 6 heteroatoms. The number of anilines is 2. The minimum atomic E-state index is -1.32.